The van der Waals surface area contributed by atoms with Gasteiger partial charge in [0.15, 0.2) is 29.2 Å². The topological polar surface area (TPSA) is 47.6 Å². The minimum atomic E-state index is -1.04. The molecule has 0 radical (unpaired) electrons. The zero-order valence-electron chi connectivity index (χ0n) is 14.0. The molecule has 0 heterocycles. The molecule has 1 unspecified atom stereocenters. The normalized spacial score (nSPS) is 11.5. The fourth-order valence-electron chi connectivity index (χ4n) is 2.16. The van der Waals surface area contributed by atoms with Crippen LogP contribution in [0.3, 0.4) is 0 Å². The van der Waals surface area contributed by atoms with Gasteiger partial charge < -0.3 is 14.8 Å². The van der Waals surface area contributed by atoms with Crippen LogP contribution in [0.1, 0.15) is 12.5 Å². The van der Waals surface area contributed by atoms with Gasteiger partial charge in [-0.1, -0.05) is 12.1 Å². The monoisotopic (exact) mass is 347 g/mol. The van der Waals surface area contributed by atoms with E-state index >= 15 is 0 Å². The van der Waals surface area contributed by atoms with Gasteiger partial charge in [0, 0.05) is 11.8 Å². The molecule has 6 heteroatoms. The number of amides is 1. The third-order valence-electron chi connectivity index (χ3n) is 3.47. The van der Waals surface area contributed by atoms with E-state index in [1.165, 1.54) is 13.2 Å². The lowest BCUT2D eigenvalue weighted by atomic mass is 10.1. The molecule has 0 aliphatic carbocycles. The molecule has 0 aliphatic rings. The van der Waals surface area contributed by atoms with Gasteiger partial charge in [-0.15, -0.1) is 6.58 Å². The number of allylic oxidation sites excluding steroid dienone is 1. The van der Waals surface area contributed by atoms with Crippen molar-refractivity contribution >= 4 is 11.6 Å². The number of carbonyl (C=O) groups is 1. The van der Waals surface area contributed by atoms with Crippen LogP contribution in [0, 0.1) is 11.6 Å². The Morgan fingerprint density at radius 1 is 1.20 bits per heavy atom. The van der Waals surface area contributed by atoms with Gasteiger partial charge in [-0.25, -0.2) is 8.78 Å². The number of rotatable bonds is 7. The van der Waals surface area contributed by atoms with Gasteiger partial charge in [0.1, 0.15) is 0 Å². The molecule has 4 nitrogen and oxygen atoms in total. The summed E-state index contributed by atoms with van der Waals surface area (Å²) in [6.07, 6.45) is 1.59. The van der Waals surface area contributed by atoms with Gasteiger partial charge in [-0.05, 0) is 43.2 Å². The smallest absolute Gasteiger partial charge is 0.265 e. The summed E-state index contributed by atoms with van der Waals surface area (Å²) >= 11 is 0. The van der Waals surface area contributed by atoms with Crippen LogP contribution in [-0.2, 0) is 11.2 Å². The maximum atomic E-state index is 13.2. The standard InChI is InChI=1S/C19H19F2NO3/c1-4-5-13-6-9-17(18(10-13)24-3)25-12(2)19(23)22-14-7-8-15(20)16(21)11-14/h4,6-12H,1,5H2,2-3H3,(H,22,23). The van der Waals surface area contributed by atoms with Crippen LogP contribution in [0.4, 0.5) is 14.5 Å². The number of benzene rings is 2. The molecule has 0 saturated carbocycles. The quantitative estimate of drug-likeness (QED) is 0.767. The third kappa shape index (κ3) is 4.79. The number of carbonyl (C=O) groups excluding carboxylic acids is 1. The minimum Gasteiger partial charge on any atom is -0.493 e. The second kappa shape index (κ2) is 8.28. The van der Waals surface area contributed by atoms with Crippen molar-refractivity contribution in [2.24, 2.45) is 0 Å². The first-order valence-electron chi connectivity index (χ1n) is 7.65. The first-order chi connectivity index (χ1) is 11.9. The fourth-order valence-corrected chi connectivity index (χ4v) is 2.16. The van der Waals surface area contributed by atoms with Crippen molar-refractivity contribution in [3.8, 4) is 11.5 Å². The number of halogens is 2. The lowest BCUT2D eigenvalue weighted by Gasteiger charge is -2.17. The fraction of sp³-hybridized carbons (Fsp3) is 0.211. The summed E-state index contributed by atoms with van der Waals surface area (Å²) in [6.45, 7) is 5.23. The summed E-state index contributed by atoms with van der Waals surface area (Å²) in [6, 6.07) is 8.48. The summed E-state index contributed by atoms with van der Waals surface area (Å²) < 4.78 is 37.0. The average Bonchev–Trinajstić information content (AvgIpc) is 2.59. The first-order valence-corrected chi connectivity index (χ1v) is 7.65. The maximum Gasteiger partial charge on any atom is 0.265 e. The predicted octanol–water partition coefficient (Wildman–Crippen LogP) is 4.11. The number of anilines is 1. The Bertz CT molecular complexity index is 777. The van der Waals surface area contributed by atoms with E-state index in [2.05, 4.69) is 11.9 Å². The SMILES string of the molecule is C=CCc1ccc(OC(C)C(=O)Nc2ccc(F)c(F)c2)c(OC)c1. The molecule has 2 aromatic rings. The highest BCUT2D eigenvalue weighted by molar-refractivity contribution is 5.94. The summed E-state index contributed by atoms with van der Waals surface area (Å²) in [7, 11) is 1.51. The molecule has 0 aliphatic heterocycles. The van der Waals surface area contributed by atoms with Crippen molar-refractivity contribution in [1.29, 1.82) is 0 Å². The summed E-state index contributed by atoms with van der Waals surface area (Å²) in [4.78, 5) is 12.2. The summed E-state index contributed by atoms with van der Waals surface area (Å²) in [5.74, 6) is -1.61. The van der Waals surface area contributed by atoms with E-state index in [4.69, 9.17) is 9.47 Å². The van der Waals surface area contributed by atoms with Crippen LogP contribution in [-0.4, -0.2) is 19.1 Å². The molecular formula is C19H19F2NO3. The van der Waals surface area contributed by atoms with Gasteiger partial charge in [0.2, 0.25) is 0 Å². The van der Waals surface area contributed by atoms with Crippen molar-refractivity contribution in [3.63, 3.8) is 0 Å². The van der Waals surface area contributed by atoms with E-state index in [0.717, 1.165) is 17.7 Å². The Kier molecular flexibility index (Phi) is 6.11. The van der Waals surface area contributed by atoms with Crippen molar-refractivity contribution in [2.45, 2.75) is 19.4 Å². The number of methoxy groups -OCH3 is 1. The molecule has 1 atom stereocenters. The Hall–Kier alpha value is -2.89. The molecule has 132 valence electrons. The average molecular weight is 347 g/mol. The van der Waals surface area contributed by atoms with Crippen LogP contribution in [0.2, 0.25) is 0 Å². The molecule has 0 fully saturated rings. The molecular weight excluding hydrogens is 328 g/mol. The summed E-state index contributed by atoms with van der Waals surface area (Å²) in [5.41, 5.74) is 1.14. The Morgan fingerprint density at radius 3 is 2.60 bits per heavy atom. The zero-order valence-corrected chi connectivity index (χ0v) is 14.0. The van der Waals surface area contributed by atoms with Crippen LogP contribution in [0.15, 0.2) is 49.1 Å². The first kappa shape index (κ1) is 18.4. The van der Waals surface area contributed by atoms with E-state index in [0.29, 0.717) is 17.9 Å². The van der Waals surface area contributed by atoms with Crippen molar-refractivity contribution < 1.29 is 23.0 Å². The van der Waals surface area contributed by atoms with Crippen molar-refractivity contribution in [1.82, 2.24) is 0 Å². The van der Waals surface area contributed by atoms with Crippen molar-refractivity contribution in [3.05, 3.63) is 66.3 Å². The van der Waals surface area contributed by atoms with Crippen LogP contribution >= 0.6 is 0 Å². The van der Waals surface area contributed by atoms with Gasteiger partial charge in [-0.2, -0.15) is 0 Å². The highest BCUT2D eigenvalue weighted by Gasteiger charge is 2.18. The van der Waals surface area contributed by atoms with Gasteiger partial charge in [0.25, 0.3) is 5.91 Å². The zero-order chi connectivity index (χ0) is 18.4. The van der Waals surface area contributed by atoms with E-state index in [-0.39, 0.29) is 5.69 Å². The minimum absolute atomic E-state index is 0.146. The molecule has 25 heavy (non-hydrogen) atoms. The highest BCUT2D eigenvalue weighted by Crippen LogP contribution is 2.29. The molecule has 1 amide bonds. The van der Waals surface area contributed by atoms with Crippen LogP contribution in [0.25, 0.3) is 0 Å². The number of nitrogens with one attached hydrogen (secondary N) is 1. The Balaban J connectivity index is 2.07. The molecule has 2 rings (SSSR count). The van der Waals surface area contributed by atoms with E-state index < -0.39 is 23.6 Å². The molecule has 0 bridgehead atoms. The second-order valence-corrected chi connectivity index (χ2v) is 5.36. The van der Waals surface area contributed by atoms with E-state index in [1.807, 2.05) is 6.07 Å². The lowest BCUT2D eigenvalue weighted by molar-refractivity contribution is -0.122. The Labute approximate surface area is 145 Å². The molecule has 0 saturated heterocycles. The van der Waals surface area contributed by atoms with Gasteiger partial charge >= 0.3 is 0 Å². The summed E-state index contributed by atoms with van der Waals surface area (Å²) in [5, 5.41) is 2.47. The number of ether oxygens (including phenoxy) is 2. The van der Waals surface area contributed by atoms with Crippen LogP contribution in [0.5, 0.6) is 11.5 Å². The maximum absolute atomic E-state index is 13.2. The Morgan fingerprint density at radius 2 is 1.96 bits per heavy atom. The molecule has 0 spiro atoms. The molecule has 0 aromatic heterocycles. The second-order valence-electron chi connectivity index (χ2n) is 5.36. The van der Waals surface area contributed by atoms with Crippen LogP contribution < -0.4 is 14.8 Å². The number of hydrogen-bond donors (Lipinski definition) is 1. The lowest BCUT2D eigenvalue weighted by Crippen LogP contribution is -2.30. The van der Waals surface area contributed by atoms with Gasteiger partial charge in [0.05, 0.1) is 7.11 Å². The largest absolute Gasteiger partial charge is 0.493 e. The third-order valence-corrected chi connectivity index (χ3v) is 3.47. The predicted molar refractivity (Wildman–Crippen MR) is 92.0 cm³/mol. The highest BCUT2D eigenvalue weighted by atomic mass is 19.2. The van der Waals surface area contributed by atoms with Gasteiger partial charge in [-0.3, -0.25) is 4.79 Å². The van der Waals surface area contributed by atoms with E-state index in [1.54, 1.807) is 25.1 Å². The molecule has 2 aromatic carbocycles. The van der Waals surface area contributed by atoms with Crippen molar-refractivity contribution in [2.75, 3.05) is 12.4 Å². The van der Waals surface area contributed by atoms with E-state index in [9.17, 15) is 13.6 Å². The molecule has 1 N–H and O–H groups in total. The number of hydrogen-bond acceptors (Lipinski definition) is 3.